The van der Waals surface area contributed by atoms with Crippen LogP contribution in [-0.4, -0.2) is 19.7 Å². The van der Waals surface area contributed by atoms with Crippen LogP contribution < -0.4 is 4.74 Å². The monoisotopic (exact) mass is 374 g/mol. The second-order valence-electron chi connectivity index (χ2n) is 6.94. The zero-order valence-corrected chi connectivity index (χ0v) is 16.5. The van der Waals surface area contributed by atoms with Crippen molar-refractivity contribution in [1.29, 1.82) is 0 Å². The molecule has 0 spiro atoms. The van der Waals surface area contributed by atoms with E-state index in [1.165, 1.54) is 11.1 Å². The van der Waals surface area contributed by atoms with E-state index < -0.39 is 0 Å². The van der Waals surface area contributed by atoms with E-state index in [9.17, 15) is 4.79 Å². The summed E-state index contributed by atoms with van der Waals surface area (Å²) in [4.78, 5) is 12.6. The fourth-order valence-electron chi connectivity index (χ4n) is 3.14. The number of aryl methyl sites for hydroxylation is 2. The van der Waals surface area contributed by atoms with Gasteiger partial charge < -0.3 is 9.47 Å². The molecule has 0 saturated carbocycles. The van der Waals surface area contributed by atoms with E-state index in [2.05, 4.69) is 49.4 Å². The molecule has 0 aromatic heterocycles. The predicted octanol–water partition coefficient (Wildman–Crippen LogP) is 5.39. The van der Waals surface area contributed by atoms with Crippen LogP contribution in [0.1, 0.15) is 23.1 Å². The Morgan fingerprint density at radius 3 is 2.32 bits per heavy atom. The molecule has 0 heterocycles. The van der Waals surface area contributed by atoms with Crippen LogP contribution in [0.4, 0.5) is 0 Å². The van der Waals surface area contributed by atoms with Crippen LogP contribution in [-0.2, 0) is 22.4 Å². The molecule has 0 amide bonds. The molecule has 0 aliphatic heterocycles. The maximum Gasteiger partial charge on any atom is 0.188 e. The summed E-state index contributed by atoms with van der Waals surface area (Å²) in [6.07, 6.45) is 1.62. The van der Waals surface area contributed by atoms with Crippen LogP contribution in [0.2, 0.25) is 0 Å². The number of hydrogen-bond donors (Lipinski definition) is 0. The number of benzene rings is 3. The van der Waals surface area contributed by atoms with Gasteiger partial charge >= 0.3 is 0 Å². The summed E-state index contributed by atoms with van der Waals surface area (Å²) >= 11 is 0. The molecule has 0 unspecified atom stereocenters. The molecule has 0 N–H and O–H groups in total. The van der Waals surface area contributed by atoms with E-state index in [1.807, 2.05) is 30.3 Å². The molecule has 0 atom stereocenters. The minimum atomic E-state index is 0.162. The van der Waals surface area contributed by atoms with E-state index in [4.69, 9.17) is 9.47 Å². The fraction of sp³-hybridized carbons (Fsp3) is 0.240. The number of ketones is 1. The van der Waals surface area contributed by atoms with Crippen LogP contribution in [0.5, 0.6) is 5.75 Å². The van der Waals surface area contributed by atoms with Gasteiger partial charge in [-0.3, -0.25) is 4.79 Å². The number of rotatable bonds is 9. The maximum atomic E-state index is 12.6. The Bertz CT molecular complexity index is 899. The summed E-state index contributed by atoms with van der Waals surface area (Å²) in [5.74, 6) is 0.901. The second-order valence-corrected chi connectivity index (χ2v) is 6.94. The van der Waals surface area contributed by atoms with Crippen LogP contribution in [0.3, 0.4) is 0 Å². The van der Waals surface area contributed by atoms with Gasteiger partial charge in [0, 0.05) is 25.5 Å². The fourth-order valence-corrected chi connectivity index (χ4v) is 3.14. The van der Waals surface area contributed by atoms with Crippen molar-refractivity contribution in [3.63, 3.8) is 0 Å². The first-order valence-electron chi connectivity index (χ1n) is 9.53. The van der Waals surface area contributed by atoms with Gasteiger partial charge in [-0.15, -0.1) is 0 Å². The molecular weight excluding hydrogens is 348 g/mol. The summed E-state index contributed by atoms with van der Waals surface area (Å²) in [6.45, 7) is 2.23. The molecule has 28 heavy (non-hydrogen) atoms. The third-order valence-corrected chi connectivity index (χ3v) is 4.70. The van der Waals surface area contributed by atoms with Gasteiger partial charge in [-0.2, -0.15) is 0 Å². The third kappa shape index (κ3) is 5.54. The number of carbonyl (C=O) groups is 1. The molecule has 0 saturated heterocycles. The highest BCUT2D eigenvalue weighted by Gasteiger charge is 2.12. The van der Waals surface area contributed by atoms with Crippen LogP contribution >= 0.6 is 0 Å². The molecule has 0 aliphatic rings. The molecule has 3 nitrogen and oxygen atoms in total. The van der Waals surface area contributed by atoms with Gasteiger partial charge in [0.1, 0.15) is 11.5 Å². The van der Waals surface area contributed by atoms with Gasteiger partial charge in [-0.25, -0.2) is 0 Å². The number of Topliss-reactive ketones (excluding diaryl/α,β-unsaturated/α-hetero) is 1. The van der Waals surface area contributed by atoms with Gasteiger partial charge in [0.05, 0.1) is 0 Å². The van der Waals surface area contributed by atoms with Crippen molar-refractivity contribution >= 4 is 5.78 Å². The number of methoxy groups -OCH3 is 1. The lowest BCUT2D eigenvalue weighted by atomic mass is 9.97. The molecule has 0 radical (unpaired) electrons. The average Bonchev–Trinajstić information content (AvgIpc) is 2.72. The topological polar surface area (TPSA) is 35.5 Å². The van der Waals surface area contributed by atoms with Crippen molar-refractivity contribution < 1.29 is 14.3 Å². The van der Waals surface area contributed by atoms with E-state index in [0.717, 1.165) is 23.1 Å². The standard InChI is InChI=1S/C25H26O3/c1-19-8-11-21(12-9-19)22-13-15-25(28-18-27-2)23(16-22)17-24(26)14-10-20-6-4-3-5-7-20/h3-9,11-13,15-16H,10,14,17-18H2,1-2H3. The molecular formula is C25H26O3. The summed E-state index contributed by atoms with van der Waals surface area (Å²) in [7, 11) is 1.59. The molecule has 0 bridgehead atoms. The lowest BCUT2D eigenvalue weighted by Gasteiger charge is -2.13. The first-order chi connectivity index (χ1) is 13.7. The summed E-state index contributed by atoms with van der Waals surface area (Å²) in [6, 6.07) is 24.5. The van der Waals surface area contributed by atoms with Crippen LogP contribution in [0.15, 0.2) is 72.8 Å². The number of hydrogen-bond acceptors (Lipinski definition) is 3. The van der Waals surface area contributed by atoms with Crippen molar-refractivity contribution in [2.24, 2.45) is 0 Å². The molecule has 3 heteroatoms. The minimum Gasteiger partial charge on any atom is -0.467 e. The Morgan fingerprint density at radius 1 is 0.893 bits per heavy atom. The SMILES string of the molecule is COCOc1ccc(-c2ccc(C)cc2)cc1CC(=O)CCc1ccccc1. The highest BCUT2D eigenvalue weighted by molar-refractivity contribution is 5.82. The molecule has 3 rings (SSSR count). The molecule has 0 aliphatic carbocycles. The highest BCUT2D eigenvalue weighted by atomic mass is 16.7. The van der Waals surface area contributed by atoms with Crippen molar-refractivity contribution in [3.8, 4) is 16.9 Å². The largest absolute Gasteiger partial charge is 0.467 e. The molecule has 3 aromatic rings. The first kappa shape index (κ1) is 19.8. The van der Waals surface area contributed by atoms with Gasteiger partial charge in [0.2, 0.25) is 0 Å². The predicted molar refractivity (Wildman–Crippen MR) is 113 cm³/mol. The van der Waals surface area contributed by atoms with Gasteiger partial charge in [-0.05, 0) is 42.2 Å². The average molecular weight is 374 g/mol. The van der Waals surface area contributed by atoms with Crippen LogP contribution in [0.25, 0.3) is 11.1 Å². The van der Waals surface area contributed by atoms with Crippen molar-refractivity contribution in [2.75, 3.05) is 13.9 Å². The minimum absolute atomic E-state index is 0.162. The molecule has 3 aromatic carbocycles. The van der Waals surface area contributed by atoms with Crippen molar-refractivity contribution in [3.05, 3.63) is 89.5 Å². The van der Waals surface area contributed by atoms with Crippen molar-refractivity contribution in [2.45, 2.75) is 26.2 Å². The van der Waals surface area contributed by atoms with Crippen molar-refractivity contribution in [1.82, 2.24) is 0 Å². The first-order valence-corrected chi connectivity index (χ1v) is 9.53. The zero-order valence-electron chi connectivity index (χ0n) is 16.5. The molecule has 144 valence electrons. The van der Waals surface area contributed by atoms with Crippen LogP contribution in [0, 0.1) is 6.92 Å². The second kappa shape index (κ2) is 9.86. The Labute approximate surface area is 166 Å². The zero-order chi connectivity index (χ0) is 19.8. The quantitative estimate of drug-likeness (QED) is 0.471. The van der Waals surface area contributed by atoms with E-state index in [1.54, 1.807) is 7.11 Å². The Balaban J connectivity index is 1.76. The maximum absolute atomic E-state index is 12.6. The Hall–Kier alpha value is -2.91. The van der Waals surface area contributed by atoms with Gasteiger partial charge in [-0.1, -0.05) is 66.2 Å². The van der Waals surface area contributed by atoms with E-state index in [-0.39, 0.29) is 12.6 Å². The summed E-state index contributed by atoms with van der Waals surface area (Å²) in [5, 5.41) is 0. The smallest absolute Gasteiger partial charge is 0.188 e. The highest BCUT2D eigenvalue weighted by Crippen LogP contribution is 2.28. The Kier molecular flexibility index (Phi) is 6.99. The summed E-state index contributed by atoms with van der Waals surface area (Å²) < 4.78 is 10.7. The normalized spacial score (nSPS) is 10.6. The Morgan fingerprint density at radius 2 is 1.61 bits per heavy atom. The van der Waals surface area contributed by atoms with E-state index >= 15 is 0 Å². The number of ether oxygens (including phenoxy) is 2. The molecule has 0 fully saturated rings. The third-order valence-electron chi connectivity index (χ3n) is 4.70. The van der Waals surface area contributed by atoms with Gasteiger partial charge in [0.25, 0.3) is 0 Å². The summed E-state index contributed by atoms with van der Waals surface area (Å²) in [5.41, 5.74) is 5.51. The lowest BCUT2D eigenvalue weighted by molar-refractivity contribution is -0.118. The van der Waals surface area contributed by atoms with Gasteiger partial charge in [0.15, 0.2) is 6.79 Å². The lowest BCUT2D eigenvalue weighted by Crippen LogP contribution is -2.08. The van der Waals surface area contributed by atoms with E-state index in [0.29, 0.717) is 18.6 Å². The number of carbonyl (C=O) groups excluding carboxylic acids is 1.